The van der Waals surface area contributed by atoms with Gasteiger partial charge in [0.05, 0.1) is 5.75 Å². The normalized spacial score (nSPS) is 28.5. The van der Waals surface area contributed by atoms with Crippen molar-refractivity contribution in [2.75, 3.05) is 11.5 Å². The molecule has 0 bridgehead atoms. The summed E-state index contributed by atoms with van der Waals surface area (Å²) in [7, 11) is -2.76. The van der Waals surface area contributed by atoms with Crippen LogP contribution in [0, 0.1) is 5.92 Å². The van der Waals surface area contributed by atoms with Crippen molar-refractivity contribution >= 4 is 9.84 Å². The van der Waals surface area contributed by atoms with E-state index in [0.29, 0.717) is 17.7 Å². The van der Waals surface area contributed by atoms with Crippen molar-refractivity contribution in [3.8, 4) is 0 Å². The van der Waals surface area contributed by atoms with Gasteiger partial charge in [0, 0.05) is 11.8 Å². The second-order valence-electron chi connectivity index (χ2n) is 3.88. The number of sulfone groups is 1. The number of hydrogen-bond donors (Lipinski definition) is 1. The van der Waals surface area contributed by atoms with Crippen LogP contribution in [0.5, 0.6) is 0 Å². The van der Waals surface area contributed by atoms with Gasteiger partial charge in [-0.05, 0) is 31.6 Å². The van der Waals surface area contributed by atoms with Crippen molar-refractivity contribution in [2.24, 2.45) is 11.7 Å². The Balaban J connectivity index is 2.14. The Morgan fingerprint density at radius 2 is 2.08 bits per heavy atom. The van der Waals surface area contributed by atoms with Gasteiger partial charge >= 0.3 is 0 Å². The van der Waals surface area contributed by atoms with Gasteiger partial charge < -0.3 is 5.73 Å². The van der Waals surface area contributed by atoms with Crippen molar-refractivity contribution in [3.63, 3.8) is 0 Å². The van der Waals surface area contributed by atoms with Gasteiger partial charge in [-0.25, -0.2) is 8.42 Å². The van der Waals surface area contributed by atoms with Crippen LogP contribution in [-0.2, 0) is 9.84 Å². The number of nitrogens with two attached hydrogens (primary N) is 1. The molecule has 0 aromatic heterocycles. The van der Waals surface area contributed by atoms with E-state index in [1.807, 2.05) is 0 Å². The van der Waals surface area contributed by atoms with E-state index < -0.39 is 9.84 Å². The largest absolute Gasteiger partial charge is 0.327 e. The SMILES string of the molecule is CCS(=O)(=O)CCCC1CCC1N. The van der Waals surface area contributed by atoms with Crippen LogP contribution in [0.4, 0.5) is 0 Å². The summed E-state index contributed by atoms with van der Waals surface area (Å²) in [5.74, 6) is 1.20. The predicted molar refractivity (Wildman–Crippen MR) is 54.3 cm³/mol. The summed E-state index contributed by atoms with van der Waals surface area (Å²) in [6.07, 6.45) is 4.08. The predicted octanol–water partition coefficient (Wildman–Crippen LogP) is 0.939. The zero-order chi connectivity index (χ0) is 9.90. The van der Waals surface area contributed by atoms with E-state index in [4.69, 9.17) is 5.73 Å². The summed E-state index contributed by atoms with van der Waals surface area (Å²) in [5, 5.41) is 0. The Labute approximate surface area is 80.6 Å². The van der Waals surface area contributed by atoms with E-state index in [9.17, 15) is 8.42 Å². The number of hydrogen-bond acceptors (Lipinski definition) is 3. The summed E-state index contributed by atoms with van der Waals surface area (Å²) in [5.41, 5.74) is 5.76. The van der Waals surface area contributed by atoms with Gasteiger partial charge in [-0.15, -0.1) is 0 Å². The molecule has 0 amide bonds. The minimum atomic E-state index is -2.76. The fraction of sp³-hybridized carbons (Fsp3) is 1.00. The highest BCUT2D eigenvalue weighted by molar-refractivity contribution is 7.91. The van der Waals surface area contributed by atoms with Gasteiger partial charge in [-0.1, -0.05) is 6.92 Å². The minimum Gasteiger partial charge on any atom is -0.327 e. The lowest BCUT2D eigenvalue weighted by Gasteiger charge is -2.33. The van der Waals surface area contributed by atoms with Crippen LogP contribution >= 0.6 is 0 Å². The maximum absolute atomic E-state index is 11.1. The molecule has 78 valence electrons. The molecule has 0 heterocycles. The molecule has 0 spiro atoms. The van der Waals surface area contributed by atoms with E-state index in [2.05, 4.69) is 0 Å². The Kier molecular flexibility index (Phi) is 3.74. The van der Waals surface area contributed by atoms with Crippen LogP contribution in [0.2, 0.25) is 0 Å². The van der Waals surface area contributed by atoms with Crippen LogP contribution in [-0.4, -0.2) is 26.0 Å². The fourth-order valence-electron chi connectivity index (χ4n) is 1.66. The van der Waals surface area contributed by atoms with Crippen molar-refractivity contribution in [3.05, 3.63) is 0 Å². The highest BCUT2D eigenvalue weighted by Gasteiger charge is 2.26. The van der Waals surface area contributed by atoms with Gasteiger partial charge in [0.25, 0.3) is 0 Å². The first kappa shape index (κ1) is 11.0. The highest BCUT2D eigenvalue weighted by Crippen LogP contribution is 2.29. The van der Waals surface area contributed by atoms with Crippen LogP contribution in [0.25, 0.3) is 0 Å². The highest BCUT2D eigenvalue weighted by atomic mass is 32.2. The third kappa shape index (κ3) is 3.27. The van der Waals surface area contributed by atoms with Crippen molar-refractivity contribution < 1.29 is 8.42 Å². The standard InChI is InChI=1S/C9H19NO2S/c1-2-13(11,12)7-3-4-8-5-6-9(8)10/h8-9H,2-7,10H2,1H3. The molecule has 1 rings (SSSR count). The zero-order valence-electron chi connectivity index (χ0n) is 8.20. The van der Waals surface area contributed by atoms with Crippen LogP contribution < -0.4 is 5.73 Å². The molecule has 2 unspecified atom stereocenters. The maximum atomic E-state index is 11.1. The summed E-state index contributed by atoms with van der Waals surface area (Å²) in [6.45, 7) is 1.70. The van der Waals surface area contributed by atoms with Crippen LogP contribution in [0.15, 0.2) is 0 Å². The van der Waals surface area contributed by atoms with E-state index in [0.717, 1.165) is 19.3 Å². The summed E-state index contributed by atoms with van der Waals surface area (Å²) < 4.78 is 22.3. The summed E-state index contributed by atoms with van der Waals surface area (Å²) >= 11 is 0. The summed E-state index contributed by atoms with van der Waals surface area (Å²) in [4.78, 5) is 0. The molecule has 3 nitrogen and oxygen atoms in total. The second kappa shape index (κ2) is 4.42. The Bertz CT molecular complexity index is 248. The molecular formula is C9H19NO2S. The van der Waals surface area contributed by atoms with Gasteiger partial charge in [-0.3, -0.25) is 0 Å². The second-order valence-corrected chi connectivity index (χ2v) is 6.35. The Hall–Kier alpha value is -0.0900. The first-order chi connectivity index (χ1) is 6.05. The average Bonchev–Trinajstić information content (AvgIpc) is 2.10. The third-order valence-corrected chi connectivity index (χ3v) is 4.74. The molecule has 13 heavy (non-hydrogen) atoms. The fourth-order valence-corrected chi connectivity index (χ4v) is 2.56. The lowest BCUT2D eigenvalue weighted by atomic mass is 9.77. The van der Waals surface area contributed by atoms with E-state index >= 15 is 0 Å². The lowest BCUT2D eigenvalue weighted by molar-refractivity contribution is 0.240. The van der Waals surface area contributed by atoms with E-state index in [1.54, 1.807) is 6.92 Å². The quantitative estimate of drug-likeness (QED) is 0.726. The molecule has 0 aromatic carbocycles. The summed E-state index contributed by atoms with van der Waals surface area (Å²) in [6, 6.07) is 0.337. The molecule has 0 radical (unpaired) electrons. The average molecular weight is 205 g/mol. The van der Waals surface area contributed by atoms with Gasteiger partial charge in [-0.2, -0.15) is 0 Å². The molecule has 1 aliphatic rings. The molecule has 1 aliphatic carbocycles. The van der Waals surface area contributed by atoms with Crippen LogP contribution in [0.3, 0.4) is 0 Å². The van der Waals surface area contributed by atoms with E-state index in [1.165, 1.54) is 6.42 Å². The molecule has 1 saturated carbocycles. The van der Waals surface area contributed by atoms with Crippen molar-refractivity contribution in [2.45, 2.75) is 38.6 Å². The first-order valence-corrected chi connectivity index (χ1v) is 6.83. The maximum Gasteiger partial charge on any atom is 0.150 e. The molecule has 0 saturated heterocycles. The lowest BCUT2D eigenvalue weighted by Crippen LogP contribution is -2.39. The molecule has 2 N–H and O–H groups in total. The topological polar surface area (TPSA) is 60.2 Å². The Morgan fingerprint density at radius 3 is 2.46 bits per heavy atom. The van der Waals surface area contributed by atoms with Crippen molar-refractivity contribution in [1.29, 1.82) is 0 Å². The molecule has 0 aromatic rings. The number of rotatable bonds is 5. The molecule has 1 fully saturated rings. The molecule has 2 atom stereocenters. The molecule has 0 aliphatic heterocycles. The van der Waals surface area contributed by atoms with E-state index in [-0.39, 0.29) is 5.75 Å². The zero-order valence-corrected chi connectivity index (χ0v) is 9.02. The molecular weight excluding hydrogens is 186 g/mol. The van der Waals surface area contributed by atoms with Gasteiger partial charge in [0.1, 0.15) is 9.84 Å². The molecule has 4 heteroatoms. The smallest absolute Gasteiger partial charge is 0.150 e. The van der Waals surface area contributed by atoms with Crippen LogP contribution in [0.1, 0.15) is 32.6 Å². The minimum absolute atomic E-state index is 0.268. The monoisotopic (exact) mass is 205 g/mol. The third-order valence-electron chi connectivity index (χ3n) is 2.95. The van der Waals surface area contributed by atoms with Gasteiger partial charge in [0.2, 0.25) is 0 Å². The first-order valence-electron chi connectivity index (χ1n) is 5.01. The van der Waals surface area contributed by atoms with Gasteiger partial charge in [0.15, 0.2) is 0 Å². The van der Waals surface area contributed by atoms with Crippen molar-refractivity contribution in [1.82, 2.24) is 0 Å². The Morgan fingerprint density at radius 1 is 1.38 bits per heavy atom.